The maximum atomic E-state index is 9.83. The Morgan fingerprint density at radius 1 is 1.25 bits per heavy atom. The summed E-state index contributed by atoms with van der Waals surface area (Å²) in [5, 5.41) is 13.5. The van der Waals surface area contributed by atoms with Crippen molar-refractivity contribution in [1.29, 1.82) is 0 Å². The number of aliphatic hydroxyl groups excluding tert-OH is 1. The maximum Gasteiger partial charge on any atom is 0.296 e. The lowest BCUT2D eigenvalue weighted by atomic mass is 10.1. The number of nitrogens with zero attached hydrogens (tertiary/aromatic N) is 3. The fourth-order valence-corrected chi connectivity index (χ4v) is 3.66. The first-order chi connectivity index (χ1) is 13.7. The molecule has 0 radical (unpaired) electrons. The minimum Gasteiger partial charge on any atom is -0.456 e. The standard InChI is InChI=1S/C18H18ClN5O4/c19-10-5-11-17(23-16(10)21-6-9-3-1-2-4-20-9)24-18(22-11)28-13-8-27-14-12(25)7-26-15(13)14/h1-5,12-15,25H,6-8H2,(H2,21,22,23,24)/t12-,13-,14-,15-/m1/s1. The van der Waals surface area contributed by atoms with Crippen molar-refractivity contribution in [1.82, 2.24) is 19.9 Å². The molecule has 0 bridgehead atoms. The van der Waals surface area contributed by atoms with Gasteiger partial charge in [0.15, 0.2) is 11.8 Å². The number of aliphatic hydroxyl groups is 1. The molecule has 5 rings (SSSR count). The molecule has 0 saturated carbocycles. The van der Waals surface area contributed by atoms with Crippen molar-refractivity contribution in [3.8, 4) is 6.01 Å². The van der Waals surface area contributed by atoms with Gasteiger partial charge in [-0.3, -0.25) is 4.98 Å². The van der Waals surface area contributed by atoms with E-state index in [4.69, 9.17) is 25.8 Å². The van der Waals surface area contributed by atoms with E-state index in [-0.39, 0.29) is 24.9 Å². The molecule has 4 atom stereocenters. The van der Waals surface area contributed by atoms with E-state index in [0.29, 0.717) is 41.2 Å². The van der Waals surface area contributed by atoms with Gasteiger partial charge in [0.05, 0.1) is 36.0 Å². The highest BCUT2D eigenvalue weighted by atomic mass is 35.5. The highest BCUT2D eigenvalue weighted by Gasteiger charge is 2.48. The van der Waals surface area contributed by atoms with E-state index in [1.54, 1.807) is 12.3 Å². The highest BCUT2D eigenvalue weighted by Crippen LogP contribution is 2.30. The van der Waals surface area contributed by atoms with Crippen LogP contribution in [0.3, 0.4) is 0 Å². The molecular formula is C18H18ClN5O4. The third kappa shape index (κ3) is 3.26. The van der Waals surface area contributed by atoms with Gasteiger partial charge in [-0.2, -0.15) is 4.98 Å². The maximum absolute atomic E-state index is 9.83. The first-order valence-electron chi connectivity index (χ1n) is 8.95. The summed E-state index contributed by atoms with van der Waals surface area (Å²) in [6, 6.07) is 7.75. The number of anilines is 1. The summed E-state index contributed by atoms with van der Waals surface area (Å²) in [4.78, 5) is 16.2. The van der Waals surface area contributed by atoms with E-state index >= 15 is 0 Å². The average Bonchev–Trinajstić information content (AvgIpc) is 3.38. The van der Waals surface area contributed by atoms with E-state index in [2.05, 4.69) is 25.3 Å². The lowest BCUT2D eigenvalue weighted by Crippen LogP contribution is -2.34. The van der Waals surface area contributed by atoms with Gasteiger partial charge in [-0.05, 0) is 18.2 Å². The number of H-pyrrole nitrogens is 1. The van der Waals surface area contributed by atoms with Gasteiger partial charge in [0.2, 0.25) is 0 Å². The summed E-state index contributed by atoms with van der Waals surface area (Å²) in [6.45, 7) is 1.07. The lowest BCUT2D eigenvalue weighted by Gasteiger charge is -2.15. The van der Waals surface area contributed by atoms with Crippen LogP contribution in [-0.2, 0) is 16.0 Å². The van der Waals surface area contributed by atoms with Crippen LogP contribution in [-0.4, -0.2) is 62.7 Å². The van der Waals surface area contributed by atoms with Gasteiger partial charge in [-0.25, -0.2) is 4.98 Å². The summed E-state index contributed by atoms with van der Waals surface area (Å²) in [5.41, 5.74) is 2.01. The molecule has 10 heteroatoms. The van der Waals surface area contributed by atoms with Crippen molar-refractivity contribution in [3.05, 3.63) is 41.2 Å². The minimum absolute atomic E-state index is 0.248. The Hall–Kier alpha value is -2.46. The monoisotopic (exact) mass is 403 g/mol. The third-order valence-electron chi connectivity index (χ3n) is 4.81. The van der Waals surface area contributed by atoms with Gasteiger partial charge < -0.3 is 29.6 Å². The SMILES string of the molecule is O[C@@H]1CO[C@H]2[C@@H]1OC[C@H]2Oc1nc2nc(NCc3ccccn3)c(Cl)cc2[nH]1. The van der Waals surface area contributed by atoms with Crippen LogP contribution >= 0.6 is 11.6 Å². The number of ether oxygens (including phenoxy) is 3. The van der Waals surface area contributed by atoms with Crippen molar-refractivity contribution < 1.29 is 19.3 Å². The van der Waals surface area contributed by atoms with Crippen molar-refractivity contribution in [2.75, 3.05) is 18.5 Å². The summed E-state index contributed by atoms with van der Waals surface area (Å²) < 4.78 is 17.0. The lowest BCUT2D eigenvalue weighted by molar-refractivity contribution is 0.00706. The van der Waals surface area contributed by atoms with Crippen LogP contribution in [0, 0.1) is 0 Å². The number of hydrogen-bond acceptors (Lipinski definition) is 8. The zero-order valence-corrected chi connectivity index (χ0v) is 15.5. The molecule has 0 aliphatic carbocycles. The number of rotatable bonds is 5. The van der Waals surface area contributed by atoms with Crippen LogP contribution in [0.1, 0.15) is 5.69 Å². The Morgan fingerprint density at radius 2 is 2.14 bits per heavy atom. The Bertz CT molecular complexity index is 985. The number of hydrogen-bond donors (Lipinski definition) is 3. The largest absolute Gasteiger partial charge is 0.456 e. The molecule has 2 aliphatic rings. The molecule has 3 N–H and O–H groups in total. The fourth-order valence-electron chi connectivity index (χ4n) is 3.44. The Balaban J connectivity index is 1.32. The number of aromatic amines is 1. The molecule has 0 spiro atoms. The summed E-state index contributed by atoms with van der Waals surface area (Å²) in [6.07, 6.45) is 0.0961. The second kappa shape index (κ2) is 7.17. The quantitative estimate of drug-likeness (QED) is 0.587. The topological polar surface area (TPSA) is 114 Å². The second-order valence-electron chi connectivity index (χ2n) is 6.73. The molecule has 0 amide bonds. The Labute approximate surface area is 165 Å². The average molecular weight is 404 g/mol. The van der Waals surface area contributed by atoms with Crippen LogP contribution < -0.4 is 10.1 Å². The van der Waals surface area contributed by atoms with Crippen LogP contribution in [0.15, 0.2) is 30.5 Å². The van der Waals surface area contributed by atoms with Gasteiger partial charge in [0.25, 0.3) is 6.01 Å². The predicted molar refractivity (Wildman–Crippen MR) is 100 cm³/mol. The van der Waals surface area contributed by atoms with Crippen LogP contribution in [0.5, 0.6) is 6.01 Å². The molecule has 0 aromatic carbocycles. The molecular weight excluding hydrogens is 386 g/mol. The summed E-state index contributed by atoms with van der Waals surface area (Å²) in [7, 11) is 0. The number of aromatic nitrogens is 4. The first kappa shape index (κ1) is 17.6. The van der Waals surface area contributed by atoms with E-state index < -0.39 is 6.10 Å². The minimum atomic E-state index is -0.623. The van der Waals surface area contributed by atoms with Gasteiger partial charge in [-0.15, -0.1) is 0 Å². The molecule has 2 saturated heterocycles. The van der Waals surface area contributed by atoms with Crippen molar-refractivity contribution >= 4 is 28.6 Å². The fraction of sp³-hybridized carbons (Fsp3) is 0.389. The molecule has 146 valence electrons. The number of fused-ring (bicyclic) bond motifs is 2. The van der Waals surface area contributed by atoms with E-state index in [9.17, 15) is 5.11 Å². The van der Waals surface area contributed by atoms with Crippen molar-refractivity contribution in [2.24, 2.45) is 0 Å². The number of pyridine rings is 2. The van der Waals surface area contributed by atoms with Gasteiger partial charge in [-0.1, -0.05) is 17.7 Å². The zero-order valence-electron chi connectivity index (χ0n) is 14.7. The smallest absolute Gasteiger partial charge is 0.296 e. The molecule has 2 aliphatic heterocycles. The second-order valence-corrected chi connectivity index (χ2v) is 7.13. The summed E-state index contributed by atoms with van der Waals surface area (Å²) >= 11 is 6.34. The van der Waals surface area contributed by atoms with Crippen LogP contribution in [0.4, 0.5) is 5.82 Å². The van der Waals surface area contributed by atoms with Gasteiger partial charge in [0.1, 0.15) is 24.1 Å². The first-order valence-corrected chi connectivity index (χ1v) is 9.33. The molecule has 5 heterocycles. The number of nitrogens with one attached hydrogen (secondary N) is 2. The molecule has 2 fully saturated rings. The van der Waals surface area contributed by atoms with Crippen LogP contribution in [0.25, 0.3) is 11.2 Å². The Morgan fingerprint density at radius 3 is 3.00 bits per heavy atom. The van der Waals surface area contributed by atoms with Crippen molar-refractivity contribution in [2.45, 2.75) is 31.0 Å². The van der Waals surface area contributed by atoms with E-state index in [1.165, 1.54) is 0 Å². The molecule has 28 heavy (non-hydrogen) atoms. The Kier molecular flexibility index (Phi) is 4.52. The van der Waals surface area contributed by atoms with Crippen LogP contribution in [0.2, 0.25) is 5.02 Å². The summed E-state index contributed by atoms with van der Waals surface area (Å²) in [5.74, 6) is 0.518. The molecule has 0 unspecified atom stereocenters. The zero-order chi connectivity index (χ0) is 19.1. The number of halogens is 1. The van der Waals surface area contributed by atoms with Crippen molar-refractivity contribution in [3.63, 3.8) is 0 Å². The number of imidazole rings is 1. The van der Waals surface area contributed by atoms with E-state index in [1.807, 2.05) is 18.2 Å². The molecule has 9 nitrogen and oxygen atoms in total. The normalized spacial score (nSPS) is 26.5. The predicted octanol–water partition coefficient (Wildman–Crippen LogP) is 1.52. The van der Waals surface area contributed by atoms with E-state index in [0.717, 1.165) is 5.69 Å². The third-order valence-corrected chi connectivity index (χ3v) is 5.10. The van der Waals surface area contributed by atoms with Gasteiger partial charge >= 0.3 is 0 Å². The van der Waals surface area contributed by atoms with Gasteiger partial charge in [0, 0.05) is 6.20 Å². The highest BCUT2D eigenvalue weighted by molar-refractivity contribution is 6.33. The molecule has 3 aromatic heterocycles. The molecule has 3 aromatic rings.